The molecule has 1 aromatic carbocycles. The highest BCUT2D eigenvalue weighted by atomic mass is 19.4. The molecule has 1 saturated carbocycles. The summed E-state index contributed by atoms with van der Waals surface area (Å²) in [6, 6.07) is 4.35. The first-order valence-electron chi connectivity index (χ1n) is 13.7. The Morgan fingerprint density at radius 1 is 1.15 bits per heavy atom. The summed E-state index contributed by atoms with van der Waals surface area (Å²) in [5.41, 5.74) is 2.73. The number of aromatic nitrogens is 2. The molecule has 1 N–H and O–H groups in total. The average Bonchev–Trinajstić information content (AvgIpc) is 3.45. The topological polar surface area (TPSA) is 87.9 Å². The van der Waals surface area contributed by atoms with Gasteiger partial charge in [0.25, 0.3) is 5.91 Å². The van der Waals surface area contributed by atoms with Crippen LogP contribution in [0.2, 0.25) is 0 Å². The Bertz CT molecular complexity index is 1280. The van der Waals surface area contributed by atoms with E-state index >= 15 is 0 Å². The number of amides is 2. The number of likely N-dealkylation sites (tertiary alicyclic amines) is 1. The number of halogens is 3. The Morgan fingerprint density at radius 2 is 1.92 bits per heavy atom. The number of ether oxygens (including phenoxy) is 1. The fourth-order valence-electron chi connectivity index (χ4n) is 6.71. The molecule has 4 aliphatic rings. The van der Waals surface area contributed by atoms with Gasteiger partial charge in [0.2, 0.25) is 5.91 Å². The average molecular weight is 547 g/mol. The maximum Gasteiger partial charge on any atom is 0.416 e. The van der Waals surface area contributed by atoms with Gasteiger partial charge < -0.3 is 19.6 Å². The van der Waals surface area contributed by atoms with Gasteiger partial charge in [0.05, 0.1) is 24.9 Å². The lowest BCUT2D eigenvalue weighted by Gasteiger charge is -2.33. The van der Waals surface area contributed by atoms with Gasteiger partial charge >= 0.3 is 6.18 Å². The third-order valence-electron chi connectivity index (χ3n) is 8.93. The molecule has 3 fully saturated rings. The Morgan fingerprint density at radius 3 is 2.64 bits per heavy atom. The Kier molecular flexibility index (Phi) is 6.69. The van der Waals surface area contributed by atoms with Gasteiger partial charge in [-0.15, -0.1) is 0 Å². The van der Waals surface area contributed by atoms with Gasteiger partial charge in [-0.3, -0.25) is 14.3 Å². The fourth-order valence-corrected chi connectivity index (χ4v) is 6.71. The molecule has 2 aliphatic carbocycles. The summed E-state index contributed by atoms with van der Waals surface area (Å²) in [5, 5.41) is 14.1. The molecule has 3 heterocycles. The first-order chi connectivity index (χ1) is 18.7. The maximum absolute atomic E-state index is 13.4. The van der Waals surface area contributed by atoms with Crippen molar-refractivity contribution in [1.29, 1.82) is 0 Å². The SMILES string of the molecule is Cc1c(C2CCN(C(=O)Cn3nc(C(=O)N4CCO[C@H](CO)C4)c4c3C[C@H]3C[C@@H]43)CC2)cccc1C(F)(F)F. The van der Waals surface area contributed by atoms with Crippen molar-refractivity contribution in [3.05, 3.63) is 51.8 Å². The van der Waals surface area contributed by atoms with Crippen LogP contribution in [0.15, 0.2) is 18.2 Å². The van der Waals surface area contributed by atoms with Crippen LogP contribution in [0.5, 0.6) is 0 Å². The van der Waals surface area contributed by atoms with Gasteiger partial charge in [0.1, 0.15) is 6.54 Å². The van der Waals surface area contributed by atoms with Gasteiger partial charge in [-0.1, -0.05) is 12.1 Å². The van der Waals surface area contributed by atoms with Crippen LogP contribution in [0, 0.1) is 12.8 Å². The number of rotatable bonds is 5. The third kappa shape index (κ3) is 4.84. The molecule has 11 heteroatoms. The van der Waals surface area contributed by atoms with Crippen molar-refractivity contribution in [2.45, 2.75) is 63.3 Å². The van der Waals surface area contributed by atoms with Crippen molar-refractivity contribution in [1.82, 2.24) is 19.6 Å². The molecule has 2 amide bonds. The van der Waals surface area contributed by atoms with E-state index in [-0.39, 0.29) is 36.4 Å². The van der Waals surface area contributed by atoms with E-state index in [1.807, 2.05) is 0 Å². The van der Waals surface area contributed by atoms with Crippen LogP contribution in [0.1, 0.15) is 69.5 Å². The molecule has 2 aliphatic heterocycles. The lowest BCUT2D eigenvalue weighted by molar-refractivity contribution is -0.138. The zero-order valence-corrected chi connectivity index (χ0v) is 21.9. The number of benzene rings is 1. The lowest BCUT2D eigenvalue weighted by Crippen LogP contribution is -2.47. The smallest absolute Gasteiger partial charge is 0.394 e. The summed E-state index contributed by atoms with van der Waals surface area (Å²) in [4.78, 5) is 30.2. The molecule has 210 valence electrons. The Hall–Kier alpha value is -2.92. The van der Waals surface area contributed by atoms with E-state index in [2.05, 4.69) is 5.10 Å². The minimum absolute atomic E-state index is 0.0297. The van der Waals surface area contributed by atoms with Crippen molar-refractivity contribution in [2.24, 2.45) is 5.92 Å². The summed E-state index contributed by atoms with van der Waals surface area (Å²) < 4.78 is 47.3. The lowest BCUT2D eigenvalue weighted by atomic mass is 9.85. The molecule has 0 radical (unpaired) electrons. The number of piperidine rings is 1. The number of alkyl halides is 3. The molecular formula is C28H33F3N4O4. The number of morpholine rings is 1. The molecular weight excluding hydrogens is 513 g/mol. The molecule has 2 saturated heterocycles. The highest BCUT2D eigenvalue weighted by molar-refractivity contribution is 5.95. The zero-order chi connectivity index (χ0) is 27.5. The van der Waals surface area contributed by atoms with Gasteiger partial charge in [-0.2, -0.15) is 18.3 Å². The van der Waals surface area contributed by atoms with Gasteiger partial charge in [0.15, 0.2) is 5.69 Å². The Balaban J connectivity index is 1.14. The number of carbonyl (C=O) groups is 2. The van der Waals surface area contributed by atoms with Crippen molar-refractivity contribution >= 4 is 11.8 Å². The first-order valence-corrected chi connectivity index (χ1v) is 13.7. The fraction of sp³-hybridized carbons (Fsp3) is 0.607. The van der Waals surface area contributed by atoms with Crippen molar-refractivity contribution < 1.29 is 32.6 Å². The summed E-state index contributed by atoms with van der Waals surface area (Å²) in [6.45, 7) is 3.46. The predicted molar refractivity (Wildman–Crippen MR) is 134 cm³/mol. The number of fused-ring (bicyclic) bond motifs is 3. The summed E-state index contributed by atoms with van der Waals surface area (Å²) in [7, 11) is 0. The normalized spacial score (nSPS) is 25.0. The van der Waals surface area contributed by atoms with E-state index in [4.69, 9.17) is 4.74 Å². The molecule has 3 atom stereocenters. The van der Waals surface area contributed by atoms with Crippen molar-refractivity contribution in [2.75, 3.05) is 39.4 Å². The quantitative estimate of drug-likeness (QED) is 0.623. The third-order valence-corrected chi connectivity index (χ3v) is 8.93. The summed E-state index contributed by atoms with van der Waals surface area (Å²) >= 11 is 0. The van der Waals surface area contributed by atoms with E-state index in [1.54, 1.807) is 20.5 Å². The molecule has 0 spiro atoms. The first kappa shape index (κ1) is 26.3. The number of aliphatic hydroxyl groups excluding tert-OH is 1. The van der Waals surface area contributed by atoms with E-state index < -0.39 is 17.8 Å². The largest absolute Gasteiger partial charge is 0.416 e. The number of hydrogen-bond donors (Lipinski definition) is 1. The Labute approximate surface area is 224 Å². The van der Waals surface area contributed by atoms with E-state index in [0.29, 0.717) is 68.7 Å². The molecule has 0 bridgehead atoms. The second kappa shape index (κ2) is 9.92. The standard InChI is InChI=1S/C28H33F3N4O4/c1-16-20(3-2-4-22(16)28(29,30)31)17-5-7-33(8-6-17)24(37)14-35-23-12-18-11-21(18)25(23)26(32-35)27(38)34-9-10-39-19(13-34)15-36/h2-4,17-19,21,36H,5-15H2,1H3/t18-,19+,21-/m1/s1. The van der Waals surface area contributed by atoms with E-state index in [1.165, 1.54) is 13.0 Å². The van der Waals surface area contributed by atoms with Crippen LogP contribution >= 0.6 is 0 Å². The second-order valence-electron chi connectivity index (χ2n) is 11.3. The highest BCUT2D eigenvalue weighted by Gasteiger charge is 2.50. The molecule has 1 aromatic heterocycles. The van der Waals surface area contributed by atoms with Gasteiger partial charge in [0, 0.05) is 37.4 Å². The van der Waals surface area contributed by atoms with Gasteiger partial charge in [-0.25, -0.2) is 0 Å². The molecule has 39 heavy (non-hydrogen) atoms. The second-order valence-corrected chi connectivity index (χ2v) is 11.3. The highest BCUT2D eigenvalue weighted by Crippen LogP contribution is 2.57. The van der Waals surface area contributed by atoms with Crippen molar-refractivity contribution in [3.63, 3.8) is 0 Å². The molecule has 0 unspecified atom stereocenters. The molecule has 6 rings (SSSR count). The number of carbonyl (C=O) groups excluding carboxylic acids is 2. The predicted octanol–water partition coefficient (Wildman–Crippen LogP) is 3.11. The van der Waals surface area contributed by atoms with Crippen LogP contribution in [0.3, 0.4) is 0 Å². The maximum atomic E-state index is 13.4. The number of aliphatic hydroxyl groups is 1. The van der Waals surface area contributed by atoms with Crippen LogP contribution in [-0.2, 0) is 28.7 Å². The van der Waals surface area contributed by atoms with Crippen molar-refractivity contribution in [3.8, 4) is 0 Å². The van der Waals surface area contributed by atoms with Crippen LogP contribution in [0.25, 0.3) is 0 Å². The minimum Gasteiger partial charge on any atom is -0.394 e. The zero-order valence-electron chi connectivity index (χ0n) is 21.9. The summed E-state index contributed by atoms with van der Waals surface area (Å²) in [5.74, 6) is 0.531. The van der Waals surface area contributed by atoms with Crippen LogP contribution in [0.4, 0.5) is 13.2 Å². The minimum atomic E-state index is -4.38. The van der Waals surface area contributed by atoms with Crippen LogP contribution < -0.4 is 0 Å². The van der Waals surface area contributed by atoms with Crippen LogP contribution in [-0.4, -0.2) is 82.0 Å². The monoisotopic (exact) mass is 546 g/mol. The molecule has 8 nitrogen and oxygen atoms in total. The van der Waals surface area contributed by atoms with E-state index in [0.717, 1.165) is 30.2 Å². The molecule has 2 aromatic rings. The number of nitrogens with zero attached hydrogens (tertiary/aromatic N) is 4. The summed E-state index contributed by atoms with van der Waals surface area (Å²) in [6.07, 6.45) is -1.74. The number of hydrogen-bond acceptors (Lipinski definition) is 5. The van der Waals surface area contributed by atoms with E-state index in [9.17, 15) is 27.9 Å². The van der Waals surface area contributed by atoms with Gasteiger partial charge in [-0.05, 0) is 67.6 Å².